The number of hydrogen-bond donors (Lipinski definition) is 0. The summed E-state index contributed by atoms with van der Waals surface area (Å²) in [6.07, 6.45) is 3.95. The summed E-state index contributed by atoms with van der Waals surface area (Å²) in [5, 5.41) is 2.57. The van der Waals surface area contributed by atoms with E-state index in [0.717, 1.165) is 24.1 Å². The van der Waals surface area contributed by atoms with Crippen LogP contribution in [0.3, 0.4) is 0 Å². The Labute approximate surface area is 131 Å². The fraction of sp³-hybridized carbons (Fsp3) is 0.278. The van der Waals surface area contributed by atoms with Crippen molar-refractivity contribution in [3.63, 3.8) is 0 Å². The van der Waals surface area contributed by atoms with Crippen LogP contribution in [0.2, 0.25) is 0 Å². The smallest absolute Gasteiger partial charge is 0.0730 e. The third-order valence-electron chi connectivity index (χ3n) is 4.23. The maximum Gasteiger partial charge on any atom is 0.0730 e. The van der Waals surface area contributed by atoms with Crippen LogP contribution in [0.4, 0.5) is 5.69 Å². The summed E-state index contributed by atoms with van der Waals surface area (Å²) in [5.41, 5.74) is 3.59. The van der Waals surface area contributed by atoms with E-state index in [2.05, 4.69) is 53.4 Å². The quantitative estimate of drug-likeness (QED) is 0.631. The van der Waals surface area contributed by atoms with Crippen LogP contribution < -0.4 is 17.3 Å². The van der Waals surface area contributed by atoms with Gasteiger partial charge in [-0.2, -0.15) is 0 Å². The summed E-state index contributed by atoms with van der Waals surface area (Å²) in [5.74, 6) is 0. The van der Waals surface area contributed by atoms with Gasteiger partial charge in [-0.15, -0.1) is 0 Å². The Kier molecular flexibility index (Phi) is 3.98. The molecule has 0 radical (unpaired) electrons. The van der Waals surface area contributed by atoms with Gasteiger partial charge in [0.1, 0.15) is 0 Å². The van der Waals surface area contributed by atoms with Crippen LogP contribution in [0.1, 0.15) is 19.3 Å². The van der Waals surface area contributed by atoms with Crippen molar-refractivity contribution in [2.45, 2.75) is 19.3 Å². The Bertz CT molecular complexity index is 709. The van der Waals surface area contributed by atoms with Crippen molar-refractivity contribution < 1.29 is 12.4 Å². The van der Waals surface area contributed by atoms with Crippen LogP contribution in [0, 0.1) is 0 Å². The fourth-order valence-corrected chi connectivity index (χ4v) is 3.28. The Morgan fingerprint density at radius 1 is 0.714 bits per heavy atom. The monoisotopic (exact) mass is 297 g/mol. The lowest BCUT2D eigenvalue weighted by Gasteiger charge is -2.30. The van der Waals surface area contributed by atoms with Gasteiger partial charge in [-0.3, -0.25) is 0 Å². The zero-order valence-corrected chi connectivity index (χ0v) is 12.7. The minimum Gasteiger partial charge on any atom is -1.00 e. The summed E-state index contributed by atoms with van der Waals surface area (Å²) in [4.78, 5) is 7.36. The van der Waals surface area contributed by atoms with Crippen LogP contribution in [0.25, 0.3) is 21.8 Å². The van der Waals surface area contributed by atoms with E-state index in [4.69, 9.17) is 4.98 Å². The van der Waals surface area contributed by atoms with Gasteiger partial charge in [0.2, 0.25) is 0 Å². The number of pyridine rings is 1. The number of piperidine rings is 1. The normalized spacial score (nSPS) is 15.1. The highest BCUT2D eigenvalue weighted by Crippen LogP contribution is 2.34. The maximum atomic E-state index is 4.81. The molecule has 0 saturated carbocycles. The molecule has 1 aromatic heterocycles. The third kappa shape index (κ3) is 2.44. The van der Waals surface area contributed by atoms with Gasteiger partial charge in [0.05, 0.1) is 16.7 Å². The van der Waals surface area contributed by atoms with Crippen molar-refractivity contribution in [1.82, 2.24) is 4.98 Å². The minimum atomic E-state index is 0. The molecule has 3 heteroatoms. The van der Waals surface area contributed by atoms with Crippen LogP contribution in [-0.2, 0) is 0 Å². The van der Waals surface area contributed by atoms with Crippen molar-refractivity contribution >= 4 is 27.5 Å². The largest absolute Gasteiger partial charge is 1.00 e. The molecule has 1 aliphatic heterocycles. The van der Waals surface area contributed by atoms with Crippen LogP contribution in [-0.4, -0.2) is 18.1 Å². The first-order chi connectivity index (χ1) is 9.93. The second kappa shape index (κ2) is 5.90. The molecule has 1 aliphatic rings. The highest BCUT2D eigenvalue weighted by atomic mass is 35.5. The van der Waals surface area contributed by atoms with Crippen molar-refractivity contribution in [2.24, 2.45) is 0 Å². The summed E-state index contributed by atoms with van der Waals surface area (Å²) in [6.45, 7) is 2.33. The number of fused-ring (bicyclic) bond motifs is 2. The van der Waals surface area contributed by atoms with Crippen LogP contribution >= 0.6 is 0 Å². The molecular formula is C18H18ClN2-. The van der Waals surface area contributed by atoms with E-state index < -0.39 is 0 Å². The molecule has 2 heterocycles. The molecule has 0 atom stereocenters. The topological polar surface area (TPSA) is 16.1 Å². The van der Waals surface area contributed by atoms with Gasteiger partial charge in [0.15, 0.2) is 0 Å². The van der Waals surface area contributed by atoms with Crippen molar-refractivity contribution in [3.8, 4) is 0 Å². The zero-order valence-electron chi connectivity index (χ0n) is 11.9. The van der Waals surface area contributed by atoms with Gasteiger partial charge < -0.3 is 17.3 Å². The highest BCUT2D eigenvalue weighted by Gasteiger charge is 2.17. The molecule has 2 aromatic carbocycles. The lowest BCUT2D eigenvalue weighted by Crippen LogP contribution is -3.00. The molecule has 0 N–H and O–H groups in total. The molecule has 0 bridgehead atoms. The van der Waals surface area contributed by atoms with Gasteiger partial charge in [0, 0.05) is 23.9 Å². The van der Waals surface area contributed by atoms with Crippen LogP contribution in [0.5, 0.6) is 0 Å². The van der Waals surface area contributed by atoms with Gasteiger partial charge in [0.25, 0.3) is 0 Å². The molecule has 0 spiro atoms. The molecule has 1 fully saturated rings. The summed E-state index contributed by atoms with van der Waals surface area (Å²) in [7, 11) is 0. The maximum absolute atomic E-state index is 4.81. The predicted octanol–water partition coefficient (Wildman–Crippen LogP) is 1.38. The Morgan fingerprint density at radius 3 is 1.81 bits per heavy atom. The number of nitrogens with zero attached hydrogens (tertiary/aromatic N) is 2. The lowest BCUT2D eigenvalue weighted by atomic mass is 10.0. The number of aromatic nitrogens is 1. The molecule has 0 aliphatic carbocycles. The lowest BCUT2D eigenvalue weighted by molar-refractivity contribution is -0.00000393. The average molecular weight is 298 g/mol. The Balaban J connectivity index is 0.00000132. The van der Waals surface area contributed by atoms with Crippen molar-refractivity contribution in [3.05, 3.63) is 48.5 Å². The molecule has 21 heavy (non-hydrogen) atoms. The molecule has 3 aromatic rings. The Hall–Kier alpha value is -1.80. The number of rotatable bonds is 1. The van der Waals surface area contributed by atoms with Gasteiger partial charge in [-0.25, -0.2) is 4.98 Å². The number of benzene rings is 2. The summed E-state index contributed by atoms with van der Waals surface area (Å²) in [6, 6.07) is 17.0. The number of para-hydroxylation sites is 2. The first kappa shape index (κ1) is 14.2. The Morgan fingerprint density at radius 2 is 1.24 bits per heavy atom. The first-order valence-corrected chi connectivity index (χ1v) is 7.46. The summed E-state index contributed by atoms with van der Waals surface area (Å²) < 4.78 is 0. The van der Waals surface area contributed by atoms with Crippen LogP contribution in [0.15, 0.2) is 48.5 Å². The molecule has 4 rings (SSSR count). The standard InChI is InChI=1S/C18H18N2.ClH/c1-6-12-20(13-7-1)18-14-8-2-4-10-16(14)19-17-11-5-3-9-15(17)18;/h2-5,8-11H,1,6-7,12-13H2;1H/p-1. The highest BCUT2D eigenvalue weighted by molar-refractivity contribution is 6.07. The molecule has 1 saturated heterocycles. The van der Waals surface area contributed by atoms with Gasteiger partial charge in [-0.1, -0.05) is 36.4 Å². The second-order valence-electron chi connectivity index (χ2n) is 5.54. The SMILES string of the molecule is [Cl-].c1ccc2c(N3CCCCC3)c3ccccc3nc2c1. The number of hydrogen-bond acceptors (Lipinski definition) is 2. The molecule has 0 unspecified atom stereocenters. The van der Waals surface area contributed by atoms with E-state index >= 15 is 0 Å². The average Bonchev–Trinajstić information content (AvgIpc) is 2.53. The van der Waals surface area contributed by atoms with E-state index in [1.54, 1.807) is 0 Å². The van der Waals surface area contributed by atoms with E-state index in [-0.39, 0.29) is 12.4 Å². The molecule has 0 amide bonds. The predicted molar refractivity (Wildman–Crippen MR) is 85.3 cm³/mol. The minimum absolute atomic E-state index is 0. The number of halogens is 1. The molecule has 108 valence electrons. The zero-order chi connectivity index (χ0) is 13.4. The fourth-order valence-electron chi connectivity index (χ4n) is 3.28. The first-order valence-electron chi connectivity index (χ1n) is 7.46. The second-order valence-corrected chi connectivity index (χ2v) is 5.54. The van der Waals surface area contributed by atoms with Gasteiger partial charge >= 0.3 is 0 Å². The van der Waals surface area contributed by atoms with Gasteiger partial charge in [-0.05, 0) is 31.4 Å². The third-order valence-corrected chi connectivity index (χ3v) is 4.23. The molecular weight excluding hydrogens is 280 g/mol. The van der Waals surface area contributed by atoms with Crippen molar-refractivity contribution in [1.29, 1.82) is 0 Å². The summed E-state index contributed by atoms with van der Waals surface area (Å²) >= 11 is 0. The molecule has 2 nitrogen and oxygen atoms in total. The van der Waals surface area contributed by atoms with E-state index in [0.29, 0.717) is 0 Å². The van der Waals surface area contributed by atoms with Crippen molar-refractivity contribution in [2.75, 3.05) is 18.0 Å². The number of anilines is 1. The van der Waals surface area contributed by atoms with E-state index in [1.165, 1.54) is 35.7 Å². The van der Waals surface area contributed by atoms with E-state index in [9.17, 15) is 0 Å². The van der Waals surface area contributed by atoms with E-state index in [1.807, 2.05) is 0 Å².